The largest absolute Gasteiger partial charge is 0.347 e. The van der Waals surface area contributed by atoms with Gasteiger partial charge < -0.3 is 20.3 Å². The molecule has 25 heavy (non-hydrogen) atoms. The van der Waals surface area contributed by atoms with E-state index in [1.165, 1.54) is 17.6 Å². The molecular formula is C17H16N6OS. The van der Waals surface area contributed by atoms with Crippen LogP contribution in [-0.2, 0) is 13.6 Å². The fourth-order valence-corrected chi connectivity index (χ4v) is 3.95. The molecule has 0 bridgehead atoms. The lowest BCUT2D eigenvalue weighted by atomic mass is 10.2. The summed E-state index contributed by atoms with van der Waals surface area (Å²) in [4.78, 5) is 24.4. The maximum atomic E-state index is 12.7. The van der Waals surface area contributed by atoms with Gasteiger partial charge in [0.1, 0.15) is 5.69 Å². The summed E-state index contributed by atoms with van der Waals surface area (Å²) in [6.45, 7) is 2.32. The van der Waals surface area contributed by atoms with E-state index in [9.17, 15) is 4.79 Å². The second-order valence-corrected chi connectivity index (χ2v) is 6.99. The molecule has 0 radical (unpaired) electrons. The van der Waals surface area contributed by atoms with Crippen LogP contribution in [0.25, 0.3) is 21.4 Å². The van der Waals surface area contributed by atoms with Crippen molar-refractivity contribution < 1.29 is 4.79 Å². The normalized spacial score (nSPS) is 11.3. The first-order valence-corrected chi connectivity index (χ1v) is 8.56. The number of hydrogen-bond acceptors (Lipinski definition) is 5. The van der Waals surface area contributed by atoms with E-state index in [-0.39, 0.29) is 5.91 Å². The molecular weight excluding hydrogens is 336 g/mol. The number of carbonyl (C=O) groups excluding carboxylic acids is 1. The molecule has 0 aliphatic heterocycles. The van der Waals surface area contributed by atoms with Crippen LogP contribution in [0.3, 0.4) is 0 Å². The molecule has 7 nitrogen and oxygen atoms in total. The number of nitrogens with one attached hydrogen (secondary N) is 3. The molecule has 0 spiro atoms. The first kappa shape index (κ1) is 15.5. The lowest BCUT2D eigenvalue weighted by molar-refractivity contribution is 0.0943. The number of rotatable bonds is 4. The zero-order valence-electron chi connectivity index (χ0n) is 13.8. The van der Waals surface area contributed by atoms with Crippen molar-refractivity contribution in [3.8, 4) is 0 Å². The van der Waals surface area contributed by atoms with Gasteiger partial charge in [0.05, 0.1) is 27.1 Å². The van der Waals surface area contributed by atoms with Crippen LogP contribution in [0.15, 0.2) is 24.5 Å². The highest BCUT2D eigenvalue weighted by Crippen LogP contribution is 2.29. The van der Waals surface area contributed by atoms with Gasteiger partial charge >= 0.3 is 0 Å². The van der Waals surface area contributed by atoms with Crippen molar-refractivity contribution in [3.63, 3.8) is 0 Å². The molecule has 3 aromatic heterocycles. The van der Waals surface area contributed by atoms with E-state index in [2.05, 4.69) is 20.3 Å². The van der Waals surface area contributed by atoms with Crippen LogP contribution < -0.4 is 5.32 Å². The minimum absolute atomic E-state index is 0.214. The molecule has 8 heteroatoms. The third-order valence-electron chi connectivity index (χ3n) is 4.17. The molecule has 4 rings (SSSR count). The summed E-state index contributed by atoms with van der Waals surface area (Å²) >= 11 is 1.50. The molecule has 1 aromatic carbocycles. The monoisotopic (exact) mass is 352 g/mol. The van der Waals surface area contributed by atoms with E-state index in [0.29, 0.717) is 17.8 Å². The predicted molar refractivity (Wildman–Crippen MR) is 98.5 cm³/mol. The second kappa shape index (κ2) is 5.82. The molecule has 0 aliphatic rings. The third kappa shape index (κ3) is 2.51. The topological polar surface area (TPSA) is 99.5 Å². The van der Waals surface area contributed by atoms with Crippen LogP contribution in [0.5, 0.6) is 0 Å². The lowest BCUT2D eigenvalue weighted by Gasteiger charge is -2.08. The minimum atomic E-state index is -0.214. The van der Waals surface area contributed by atoms with Crippen molar-refractivity contribution in [1.82, 2.24) is 24.8 Å². The Balaban J connectivity index is 1.62. The SMILES string of the molecule is Cc1nc2c(s1)c(C=N)c(C(=O)NCc1ccc3nc[nH]c3c1)n2C. The summed E-state index contributed by atoms with van der Waals surface area (Å²) in [5.74, 6) is -0.214. The number of imidazole rings is 1. The van der Waals surface area contributed by atoms with E-state index < -0.39 is 0 Å². The van der Waals surface area contributed by atoms with Gasteiger partial charge in [-0.05, 0) is 24.6 Å². The van der Waals surface area contributed by atoms with Gasteiger partial charge in [-0.15, -0.1) is 11.3 Å². The van der Waals surface area contributed by atoms with E-state index in [1.807, 2.05) is 25.1 Å². The Kier molecular flexibility index (Phi) is 3.61. The number of amides is 1. The number of carbonyl (C=O) groups is 1. The summed E-state index contributed by atoms with van der Waals surface area (Å²) < 4.78 is 2.63. The fourth-order valence-electron chi connectivity index (χ4n) is 2.98. The summed E-state index contributed by atoms with van der Waals surface area (Å²) in [6, 6.07) is 5.83. The number of nitrogens with zero attached hydrogens (tertiary/aromatic N) is 3. The average Bonchev–Trinajstić information content (AvgIpc) is 3.27. The van der Waals surface area contributed by atoms with Crippen molar-refractivity contribution in [2.24, 2.45) is 7.05 Å². The van der Waals surface area contributed by atoms with Gasteiger partial charge in [0.25, 0.3) is 5.91 Å². The first-order chi connectivity index (χ1) is 12.1. The summed E-state index contributed by atoms with van der Waals surface area (Å²) in [6.07, 6.45) is 2.88. The number of H-pyrrole nitrogens is 1. The highest BCUT2D eigenvalue weighted by Gasteiger charge is 2.22. The van der Waals surface area contributed by atoms with Crippen molar-refractivity contribution in [2.75, 3.05) is 0 Å². The van der Waals surface area contributed by atoms with Crippen LogP contribution in [-0.4, -0.2) is 31.6 Å². The predicted octanol–water partition coefficient (Wildman–Crippen LogP) is 2.75. The van der Waals surface area contributed by atoms with E-state index >= 15 is 0 Å². The highest BCUT2D eigenvalue weighted by molar-refractivity contribution is 7.18. The Morgan fingerprint density at radius 2 is 2.32 bits per heavy atom. The van der Waals surface area contributed by atoms with Gasteiger partial charge in [-0.2, -0.15) is 0 Å². The number of hydrogen-bond donors (Lipinski definition) is 3. The number of fused-ring (bicyclic) bond motifs is 2. The van der Waals surface area contributed by atoms with Crippen LogP contribution in [0, 0.1) is 12.3 Å². The smallest absolute Gasteiger partial charge is 0.268 e. The van der Waals surface area contributed by atoms with Gasteiger partial charge in [-0.3, -0.25) is 4.79 Å². The Labute approximate surface area is 147 Å². The molecule has 3 heterocycles. The Morgan fingerprint density at radius 3 is 3.12 bits per heavy atom. The minimum Gasteiger partial charge on any atom is -0.347 e. The Hall–Kier alpha value is -3.00. The number of aryl methyl sites for hydroxylation is 2. The van der Waals surface area contributed by atoms with E-state index in [0.717, 1.165) is 32.0 Å². The van der Waals surface area contributed by atoms with E-state index in [1.54, 1.807) is 17.9 Å². The molecule has 0 unspecified atom stereocenters. The second-order valence-electron chi connectivity index (χ2n) is 5.79. The summed E-state index contributed by atoms with van der Waals surface area (Å²) in [7, 11) is 1.81. The van der Waals surface area contributed by atoms with E-state index in [4.69, 9.17) is 5.41 Å². The van der Waals surface area contributed by atoms with Gasteiger partial charge in [0.15, 0.2) is 5.65 Å². The molecule has 0 fully saturated rings. The highest BCUT2D eigenvalue weighted by atomic mass is 32.1. The van der Waals surface area contributed by atoms with Crippen LogP contribution >= 0.6 is 11.3 Å². The average molecular weight is 352 g/mol. The number of aromatic nitrogens is 4. The quantitative estimate of drug-likeness (QED) is 0.492. The van der Waals surface area contributed by atoms with Crippen molar-refractivity contribution in [1.29, 1.82) is 5.41 Å². The Morgan fingerprint density at radius 1 is 1.48 bits per heavy atom. The third-order valence-corrected chi connectivity index (χ3v) is 5.16. The zero-order chi connectivity index (χ0) is 17.6. The molecule has 3 N–H and O–H groups in total. The van der Waals surface area contributed by atoms with Gasteiger partial charge in [-0.25, -0.2) is 9.97 Å². The molecule has 0 saturated heterocycles. The number of thiazole rings is 1. The van der Waals surface area contributed by atoms with Gasteiger partial charge in [-0.1, -0.05) is 6.07 Å². The standard InChI is InChI=1S/C17H16N6OS/c1-9-22-16-15(25-9)11(6-18)14(23(16)2)17(24)19-7-10-3-4-12-13(5-10)21-8-20-12/h3-6,8,18H,7H2,1-2H3,(H,19,24)(H,20,21). The van der Waals surface area contributed by atoms with Crippen molar-refractivity contribution in [3.05, 3.63) is 46.4 Å². The molecule has 0 atom stereocenters. The Bertz CT molecular complexity index is 1120. The number of benzene rings is 1. The molecule has 0 saturated carbocycles. The molecule has 1 amide bonds. The van der Waals surface area contributed by atoms with Crippen molar-refractivity contribution in [2.45, 2.75) is 13.5 Å². The maximum Gasteiger partial charge on any atom is 0.268 e. The molecule has 4 aromatic rings. The first-order valence-electron chi connectivity index (χ1n) is 7.75. The van der Waals surface area contributed by atoms with Gasteiger partial charge in [0.2, 0.25) is 0 Å². The lowest BCUT2D eigenvalue weighted by Crippen LogP contribution is -2.26. The number of aromatic amines is 1. The molecule has 126 valence electrons. The van der Waals surface area contributed by atoms with Gasteiger partial charge in [0, 0.05) is 25.4 Å². The van der Waals surface area contributed by atoms with Crippen LogP contribution in [0.4, 0.5) is 0 Å². The zero-order valence-corrected chi connectivity index (χ0v) is 14.6. The maximum absolute atomic E-state index is 12.7. The van der Waals surface area contributed by atoms with Crippen LogP contribution in [0.1, 0.15) is 26.6 Å². The summed E-state index contributed by atoms with van der Waals surface area (Å²) in [5, 5.41) is 11.6. The van der Waals surface area contributed by atoms with Crippen molar-refractivity contribution >= 4 is 44.8 Å². The summed E-state index contributed by atoms with van der Waals surface area (Å²) in [5.41, 5.74) is 4.63. The molecule has 0 aliphatic carbocycles. The fraction of sp³-hybridized carbons (Fsp3) is 0.176. The van der Waals surface area contributed by atoms with Crippen LogP contribution in [0.2, 0.25) is 0 Å².